The Labute approximate surface area is 186 Å². The molecule has 1 aliphatic carbocycles. The van der Waals surface area contributed by atoms with E-state index in [0.29, 0.717) is 11.1 Å². The Hall–Kier alpha value is -4.30. The van der Waals surface area contributed by atoms with Crippen molar-refractivity contribution in [2.75, 3.05) is 13.2 Å². The number of alkyl carbamates (subject to hydrolysis) is 1. The summed E-state index contributed by atoms with van der Waals surface area (Å²) in [6, 6.07) is 23.5. The second-order valence-corrected chi connectivity index (χ2v) is 7.24. The van der Waals surface area contributed by atoms with Crippen LogP contribution in [0, 0.1) is 11.8 Å². The summed E-state index contributed by atoms with van der Waals surface area (Å²) in [5.41, 5.74) is 6.06. The summed E-state index contributed by atoms with van der Waals surface area (Å²) in [6.07, 6.45) is 2.03. The molecule has 0 saturated carbocycles. The number of aliphatic carboxylic acids is 1. The van der Waals surface area contributed by atoms with Crippen LogP contribution in [0.4, 0.5) is 4.79 Å². The zero-order valence-corrected chi connectivity index (χ0v) is 17.2. The largest absolute Gasteiger partial charge is 0.478 e. The van der Waals surface area contributed by atoms with Gasteiger partial charge in [0.05, 0.1) is 6.54 Å². The van der Waals surface area contributed by atoms with Gasteiger partial charge in [0, 0.05) is 17.6 Å². The van der Waals surface area contributed by atoms with E-state index in [1.807, 2.05) is 36.4 Å². The molecule has 0 fully saturated rings. The first-order chi connectivity index (χ1) is 15.6. The number of carboxylic acid groups (broad SMARTS) is 1. The van der Waals surface area contributed by atoms with Gasteiger partial charge in [0.2, 0.25) is 0 Å². The number of hydrogen-bond acceptors (Lipinski definition) is 3. The molecule has 0 bridgehead atoms. The van der Waals surface area contributed by atoms with Crippen molar-refractivity contribution in [3.8, 4) is 23.0 Å². The molecule has 0 heterocycles. The van der Waals surface area contributed by atoms with E-state index in [1.165, 1.54) is 17.2 Å². The first kappa shape index (κ1) is 21.0. The SMILES string of the molecule is O=C(O)/C=C/c1ccccc1C#CCNC(=O)OCC1c2ccccc2-c2ccccc21. The van der Waals surface area contributed by atoms with Gasteiger partial charge in [-0.25, -0.2) is 9.59 Å². The molecule has 5 nitrogen and oxygen atoms in total. The Morgan fingerprint density at radius 3 is 2.25 bits per heavy atom. The van der Waals surface area contributed by atoms with Gasteiger partial charge in [-0.15, -0.1) is 0 Å². The molecule has 1 aliphatic rings. The lowest BCUT2D eigenvalue weighted by atomic mass is 9.98. The third kappa shape index (κ3) is 4.71. The van der Waals surface area contributed by atoms with Crippen LogP contribution in [0.15, 0.2) is 78.9 Å². The second-order valence-electron chi connectivity index (χ2n) is 7.24. The van der Waals surface area contributed by atoms with E-state index in [9.17, 15) is 9.59 Å². The van der Waals surface area contributed by atoms with Gasteiger partial charge in [-0.2, -0.15) is 0 Å². The normalized spacial score (nSPS) is 11.9. The minimum atomic E-state index is -1.02. The number of amides is 1. The highest BCUT2D eigenvalue weighted by molar-refractivity contribution is 5.86. The molecule has 3 aromatic carbocycles. The summed E-state index contributed by atoms with van der Waals surface area (Å²) >= 11 is 0. The molecule has 0 atom stereocenters. The van der Waals surface area contributed by atoms with Crippen LogP contribution in [-0.2, 0) is 9.53 Å². The van der Waals surface area contributed by atoms with Crippen LogP contribution < -0.4 is 5.32 Å². The average molecular weight is 423 g/mol. The van der Waals surface area contributed by atoms with Gasteiger partial charge in [0.25, 0.3) is 0 Å². The van der Waals surface area contributed by atoms with Crippen molar-refractivity contribution < 1.29 is 19.4 Å². The standard InChI is InChI=1S/C27H21NO4/c29-26(30)16-15-20-9-2-1-8-19(20)10-7-17-28-27(31)32-18-25-23-13-5-3-11-21(23)22-12-4-6-14-24(22)25/h1-6,8-9,11-16,25H,17-18H2,(H,28,31)(H,29,30)/b16-15+. The van der Waals surface area contributed by atoms with Crippen molar-refractivity contribution in [1.29, 1.82) is 0 Å². The number of benzene rings is 3. The van der Waals surface area contributed by atoms with Crippen LogP contribution in [-0.4, -0.2) is 30.3 Å². The minimum absolute atomic E-state index is 0.00661. The van der Waals surface area contributed by atoms with Gasteiger partial charge in [0.15, 0.2) is 0 Å². The smallest absolute Gasteiger partial charge is 0.407 e. The number of carbonyl (C=O) groups excluding carboxylic acids is 1. The summed E-state index contributed by atoms with van der Waals surface area (Å²) < 4.78 is 5.49. The zero-order valence-electron chi connectivity index (χ0n) is 17.2. The molecule has 2 N–H and O–H groups in total. The lowest BCUT2D eigenvalue weighted by Crippen LogP contribution is -2.26. The van der Waals surface area contributed by atoms with Crippen molar-refractivity contribution in [2.24, 2.45) is 0 Å². The number of fused-ring (bicyclic) bond motifs is 3. The quantitative estimate of drug-likeness (QED) is 0.462. The molecule has 1 amide bonds. The van der Waals surface area contributed by atoms with Crippen LogP contribution in [0.2, 0.25) is 0 Å². The number of nitrogens with one attached hydrogen (secondary N) is 1. The van der Waals surface area contributed by atoms with Gasteiger partial charge in [-0.05, 0) is 40.0 Å². The van der Waals surface area contributed by atoms with E-state index in [2.05, 4.69) is 41.4 Å². The predicted molar refractivity (Wildman–Crippen MR) is 123 cm³/mol. The van der Waals surface area contributed by atoms with Crippen molar-refractivity contribution >= 4 is 18.1 Å². The van der Waals surface area contributed by atoms with Crippen LogP contribution in [0.3, 0.4) is 0 Å². The molecule has 3 aromatic rings. The Morgan fingerprint density at radius 1 is 0.938 bits per heavy atom. The third-order valence-electron chi connectivity index (χ3n) is 5.25. The van der Waals surface area contributed by atoms with Crippen LogP contribution >= 0.6 is 0 Å². The third-order valence-corrected chi connectivity index (χ3v) is 5.25. The monoisotopic (exact) mass is 423 g/mol. The van der Waals surface area contributed by atoms with Crippen LogP contribution in [0.1, 0.15) is 28.2 Å². The maximum absolute atomic E-state index is 12.2. The van der Waals surface area contributed by atoms with E-state index in [1.54, 1.807) is 12.1 Å². The zero-order chi connectivity index (χ0) is 22.3. The summed E-state index contributed by atoms with van der Waals surface area (Å²) in [5, 5.41) is 11.4. The number of ether oxygens (including phenoxy) is 1. The average Bonchev–Trinajstić information content (AvgIpc) is 3.13. The molecule has 0 saturated heterocycles. The topological polar surface area (TPSA) is 75.6 Å². The Balaban J connectivity index is 1.35. The first-order valence-electron chi connectivity index (χ1n) is 10.2. The fraction of sp³-hybridized carbons (Fsp3) is 0.111. The number of carboxylic acids is 1. The minimum Gasteiger partial charge on any atom is -0.478 e. The second kappa shape index (κ2) is 9.67. The van der Waals surface area contributed by atoms with E-state index in [0.717, 1.165) is 17.2 Å². The van der Waals surface area contributed by atoms with Crippen molar-refractivity contribution in [1.82, 2.24) is 5.32 Å². The molecule has 0 unspecified atom stereocenters. The molecule has 158 valence electrons. The van der Waals surface area contributed by atoms with E-state index >= 15 is 0 Å². The Kier molecular flexibility index (Phi) is 6.33. The van der Waals surface area contributed by atoms with Gasteiger partial charge in [0.1, 0.15) is 6.61 Å². The Bertz CT molecular complexity index is 1200. The highest BCUT2D eigenvalue weighted by Crippen LogP contribution is 2.44. The first-order valence-corrected chi connectivity index (χ1v) is 10.2. The molecule has 32 heavy (non-hydrogen) atoms. The van der Waals surface area contributed by atoms with Gasteiger partial charge in [-0.3, -0.25) is 0 Å². The molecule has 0 aliphatic heterocycles. The lowest BCUT2D eigenvalue weighted by molar-refractivity contribution is -0.131. The van der Waals surface area contributed by atoms with Gasteiger partial charge >= 0.3 is 12.1 Å². The van der Waals surface area contributed by atoms with Gasteiger partial charge < -0.3 is 15.2 Å². The molecular formula is C27H21NO4. The van der Waals surface area contributed by atoms with Crippen LogP contribution in [0.5, 0.6) is 0 Å². The maximum Gasteiger partial charge on any atom is 0.407 e. The summed E-state index contributed by atoms with van der Waals surface area (Å²) in [7, 11) is 0. The number of carbonyl (C=O) groups is 2. The molecule has 0 spiro atoms. The maximum atomic E-state index is 12.2. The van der Waals surface area contributed by atoms with Gasteiger partial charge in [-0.1, -0.05) is 78.6 Å². The number of rotatable bonds is 5. The molecule has 0 aromatic heterocycles. The van der Waals surface area contributed by atoms with Crippen molar-refractivity contribution in [3.05, 3.63) is 101 Å². The fourth-order valence-electron chi connectivity index (χ4n) is 3.82. The molecule has 5 heteroatoms. The van der Waals surface area contributed by atoms with E-state index in [-0.39, 0.29) is 19.1 Å². The summed E-state index contributed by atoms with van der Waals surface area (Å²) in [4.78, 5) is 22.9. The highest BCUT2D eigenvalue weighted by Gasteiger charge is 2.28. The number of hydrogen-bond donors (Lipinski definition) is 2. The lowest BCUT2D eigenvalue weighted by Gasteiger charge is -2.14. The van der Waals surface area contributed by atoms with Crippen LogP contribution in [0.25, 0.3) is 17.2 Å². The Morgan fingerprint density at radius 2 is 1.56 bits per heavy atom. The highest BCUT2D eigenvalue weighted by atomic mass is 16.5. The molecule has 4 rings (SSSR count). The van der Waals surface area contributed by atoms with E-state index in [4.69, 9.17) is 9.84 Å². The fourth-order valence-corrected chi connectivity index (χ4v) is 3.82. The summed E-state index contributed by atoms with van der Waals surface area (Å²) in [5.74, 6) is 4.81. The van der Waals surface area contributed by atoms with Crippen molar-refractivity contribution in [3.63, 3.8) is 0 Å². The molecular weight excluding hydrogens is 402 g/mol. The molecule has 0 radical (unpaired) electrons. The predicted octanol–water partition coefficient (Wildman–Crippen LogP) is 4.67. The summed E-state index contributed by atoms with van der Waals surface area (Å²) in [6.45, 7) is 0.365. The van der Waals surface area contributed by atoms with Crippen molar-refractivity contribution in [2.45, 2.75) is 5.92 Å². The van der Waals surface area contributed by atoms with E-state index < -0.39 is 12.1 Å².